The SMILES string of the molecule is CC(=O)N[C@@H]1C(O)O[C@H](CO)[C@H](O)[C@]1(O)O[N+](=O)[O-]. The van der Waals surface area contributed by atoms with Crippen LogP contribution in [0.25, 0.3) is 0 Å². The fourth-order valence-corrected chi connectivity index (χ4v) is 1.75. The number of aliphatic hydroxyl groups excluding tert-OH is 3. The molecule has 11 nitrogen and oxygen atoms in total. The molecular weight excluding hydrogens is 268 g/mol. The van der Waals surface area contributed by atoms with Crippen molar-refractivity contribution in [1.29, 1.82) is 0 Å². The first-order valence-corrected chi connectivity index (χ1v) is 5.17. The van der Waals surface area contributed by atoms with Crippen LogP contribution in [-0.2, 0) is 14.4 Å². The standard InChI is InChI=1S/C8H14N2O9/c1-3(12)9-5-7(14)18-4(2-11)6(13)8(5,15)19-10(16)17/h4-7,11,13-15H,2H2,1H3,(H,9,12)/t4-,5-,6+,7?,8-/m1/s1. The molecule has 1 heterocycles. The van der Waals surface area contributed by atoms with Crippen LogP contribution < -0.4 is 5.32 Å². The summed E-state index contributed by atoms with van der Waals surface area (Å²) < 4.78 is 4.72. The van der Waals surface area contributed by atoms with E-state index in [1.165, 1.54) is 0 Å². The molecule has 0 aromatic rings. The van der Waals surface area contributed by atoms with Gasteiger partial charge in [-0.3, -0.25) is 9.63 Å². The van der Waals surface area contributed by atoms with Crippen molar-refractivity contribution in [2.75, 3.05) is 6.61 Å². The van der Waals surface area contributed by atoms with Crippen LogP contribution in [0.1, 0.15) is 6.92 Å². The Morgan fingerprint density at radius 1 is 1.58 bits per heavy atom. The van der Waals surface area contributed by atoms with E-state index >= 15 is 0 Å². The molecule has 19 heavy (non-hydrogen) atoms. The lowest BCUT2D eigenvalue weighted by Gasteiger charge is -2.46. The zero-order chi connectivity index (χ0) is 14.8. The fraction of sp³-hybridized carbons (Fsp3) is 0.875. The van der Waals surface area contributed by atoms with Gasteiger partial charge in [0.05, 0.1) is 6.61 Å². The number of hydrogen-bond acceptors (Lipinski definition) is 9. The van der Waals surface area contributed by atoms with E-state index in [9.17, 15) is 30.2 Å². The predicted octanol–water partition coefficient (Wildman–Crippen LogP) is -3.54. The van der Waals surface area contributed by atoms with E-state index in [0.29, 0.717) is 0 Å². The fourth-order valence-electron chi connectivity index (χ4n) is 1.75. The molecule has 1 saturated heterocycles. The quantitative estimate of drug-likeness (QED) is 0.199. The van der Waals surface area contributed by atoms with E-state index < -0.39 is 47.9 Å². The van der Waals surface area contributed by atoms with Crippen LogP contribution in [0, 0.1) is 10.1 Å². The molecule has 0 saturated carbocycles. The first kappa shape index (κ1) is 15.5. The normalized spacial score (nSPS) is 38.6. The van der Waals surface area contributed by atoms with Gasteiger partial charge in [0.15, 0.2) is 6.29 Å². The second-order valence-corrected chi connectivity index (χ2v) is 3.94. The van der Waals surface area contributed by atoms with Crippen molar-refractivity contribution in [3.63, 3.8) is 0 Å². The number of nitrogens with zero attached hydrogens (tertiary/aromatic N) is 1. The highest BCUT2D eigenvalue weighted by Crippen LogP contribution is 2.30. The van der Waals surface area contributed by atoms with Gasteiger partial charge < -0.3 is 30.5 Å². The van der Waals surface area contributed by atoms with Crippen LogP contribution in [0.3, 0.4) is 0 Å². The van der Waals surface area contributed by atoms with Crippen LogP contribution in [0.2, 0.25) is 0 Å². The first-order chi connectivity index (χ1) is 8.72. The van der Waals surface area contributed by atoms with E-state index in [2.05, 4.69) is 4.84 Å². The number of carbonyl (C=O) groups excluding carboxylic acids is 1. The smallest absolute Gasteiger partial charge is 0.297 e. The Bertz CT molecular complexity index is 364. The van der Waals surface area contributed by atoms with Gasteiger partial charge >= 0.3 is 0 Å². The van der Waals surface area contributed by atoms with Gasteiger partial charge in [-0.15, -0.1) is 10.1 Å². The average molecular weight is 282 g/mol. The summed E-state index contributed by atoms with van der Waals surface area (Å²) in [4.78, 5) is 25.3. The largest absolute Gasteiger partial charge is 0.394 e. The molecule has 0 radical (unpaired) electrons. The molecule has 5 N–H and O–H groups in total. The maximum absolute atomic E-state index is 10.9. The third kappa shape index (κ3) is 3.08. The first-order valence-electron chi connectivity index (χ1n) is 5.17. The zero-order valence-corrected chi connectivity index (χ0v) is 9.79. The molecule has 5 atom stereocenters. The lowest BCUT2D eigenvalue weighted by atomic mass is 9.93. The predicted molar refractivity (Wildman–Crippen MR) is 54.6 cm³/mol. The molecular formula is C8H14N2O9. The number of carbonyl (C=O) groups is 1. The summed E-state index contributed by atoms with van der Waals surface area (Å²) in [7, 11) is 0. The summed E-state index contributed by atoms with van der Waals surface area (Å²) in [5.74, 6) is -3.71. The van der Waals surface area contributed by atoms with Crippen molar-refractivity contribution < 1.29 is 39.9 Å². The minimum Gasteiger partial charge on any atom is -0.394 e. The summed E-state index contributed by atoms with van der Waals surface area (Å²) >= 11 is 0. The Kier molecular flexibility index (Phi) is 4.60. The van der Waals surface area contributed by atoms with Crippen molar-refractivity contribution in [3.8, 4) is 0 Å². The molecule has 0 bridgehead atoms. The number of hydrogen-bond donors (Lipinski definition) is 5. The third-order valence-corrected chi connectivity index (χ3v) is 2.58. The van der Waals surface area contributed by atoms with Crippen molar-refractivity contribution in [2.45, 2.75) is 37.3 Å². The van der Waals surface area contributed by atoms with Crippen LogP contribution in [-0.4, -0.2) is 68.4 Å². The van der Waals surface area contributed by atoms with E-state index in [0.717, 1.165) is 6.92 Å². The van der Waals surface area contributed by atoms with E-state index in [-0.39, 0.29) is 0 Å². The number of rotatable bonds is 4. The summed E-state index contributed by atoms with van der Waals surface area (Å²) in [5.41, 5.74) is 0. The molecule has 0 aliphatic carbocycles. The maximum Gasteiger partial charge on any atom is 0.297 e. The van der Waals surface area contributed by atoms with Gasteiger partial charge in [-0.1, -0.05) is 0 Å². The van der Waals surface area contributed by atoms with Gasteiger partial charge in [0.2, 0.25) is 5.91 Å². The summed E-state index contributed by atoms with van der Waals surface area (Å²) in [5, 5.41) is 49.1. The van der Waals surface area contributed by atoms with Crippen molar-refractivity contribution in [2.24, 2.45) is 0 Å². The molecule has 1 aliphatic rings. The molecule has 1 amide bonds. The monoisotopic (exact) mass is 282 g/mol. The Morgan fingerprint density at radius 2 is 2.16 bits per heavy atom. The van der Waals surface area contributed by atoms with Crippen LogP contribution in [0.15, 0.2) is 0 Å². The molecule has 0 spiro atoms. The summed E-state index contributed by atoms with van der Waals surface area (Å²) in [6, 6.07) is -1.81. The van der Waals surface area contributed by atoms with Gasteiger partial charge in [0.25, 0.3) is 10.9 Å². The van der Waals surface area contributed by atoms with Gasteiger partial charge in [-0.25, -0.2) is 0 Å². The molecule has 0 aromatic heterocycles. The van der Waals surface area contributed by atoms with Crippen LogP contribution in [0.4, 0.5) is 0 Å². The molecule has 1 fully saturated rings. The Hall–Kier alpha value is -1.53. The summed E-state index contributed by atoms with van der Waals surface area (Å²) in [6.07, 6.45) is -5.51. The lowest BCUT2D eigenvalue weighted by molar-refractivity contribution is -0.803. The van der Waals surface area contributed by atoms with Gasteiger partial charge in [-0.2, -0.15) is 0 Å². The third-order valence-electron chi connectivity index (χ3n) is 2.58. The highest BCUT2D eigenvalue weighted by molar-refractivity contribution is 5.73. The molecule has 110 valence electrons. The Labute approximate surface area is 106 Å². The number of aliphatic hydroxyl groups is 4. The number of ether oxygens (including phenoxy) is 1. The topological polar surface area (TPSA) is 172 Å². The van der Waals surface area contributed by atoms with Gasteiger partial charge in [0, 0.05) is 6.92 Å². The molecule has 11 heteroatoms. The van der Waals surface area contributed by atoms with Crippen LogP contribution >= 0.6 is 0 Å². The van der Waals surface area contributed by atoms with Crippen LogP contribution in [0.5, 0.6) is 0 Å². The second kappa shape index (κ2) is 5.63. The van der Waals surface area contributed by atoms with Gasteiger partial charge in [0.1, 0.15) is 18.2 Å². The highest BCUT2D eigenvalue weighted by Gasteiger charge is 2.58. The number of nitrogens with one attached hydrogen (secondary N) is 1. The number of amides is 1. The molecule has 0 aromatic carbocycles. The van der Waals surface area contributed by atoms with E-state index in [1.54, 1.807) is 0 Å². The van der Waals surface area contributed by atoms with Crippen molar-refractivity contribution >= 4 is 5.91 Å². The minimum atomic E-state index is -2.96. The lowest BCUT2D eigenvalue weighted by Crippen LogP contribution is -2.73. The maximum atomic E-state index is 10.9. The van der Waals surface area contributed by atoms with Gasteiger partial charge in [-0.05, 0) is 0 Å². The van der Waals surface area contributed by atoms with E-state index in [1.807, 2.05) is 5.32 Å². The van der Waals surface area contributed by atoms with Crippen molar-refractivity contribution in [1.82, 2.24) is 5.32 Å². The van der Waals surface area contributed by atoms with Crippen molar-refractivity contribution in [3.05, 3.63) is 10.1 Å². The highest BCUT2D eigenvalue weighted by atomic mass is 17.0. The minimum absolute atomic E-state index is 0.757. The Balaban J connectivity index is 3.09. The molecule has 1 aliphatic heterocycles. The zero-order valence-electron chi connectivity index (χ0n) is 9.79. The summed E-state index contributed by atoms with van der Waals surface area (Å²) in [6.45, 7) is 0.179. The van der Waals surface area contributed by atoms with E-state index in [4.69, 9.17) is 9.84 Å². The Morgan fingerprint density at radius 3 is 2.58 bits per heavy atom. The molecule has 1 unspecified atom stereocenters. The second-order valence-electron chi connectivity index (χ2n) is 3.94. The average Bonchev–Trinajstić information content (AvgIpc) is 2.28. The molecule has 1 rings (SSSR count).